The van der Waals surface area contributed by atoms with E-state index in [0.717, 1.165) is 5.56 Å². The molecule has 5 heteroatoms. The van der Waals surface area contributed by atoms with E-state index in [-0.39, 0.29) is 10.6 Å². The SMILES string of the molecule is COc1cc(C)ccc1S(=O)(=O)[O-]. The second-order valence-electron chi connectivity index (χ2n) is 2.61. The topological polar surface area (TPSA) is 66.4 Å². The van der Waals surface area contributed by atoms with Gasteiger partial charge in [-0.15, -0.1) is 0 Å². The number of hydrogen-bond acceptors (Lipinski definition) is 4. The summed E-state index contributed by atoms with van der Waals surface area (Å²) in [6.07, 6.45) is 0. The van der Waals surface area contributed by atoms with Gasteiger partial charge in [0.2, 0.25) is 0 Å². The highest BCUT2D eigenvalue weighted by Gasteiger charge is 2.08. The smallest absolute Gasteiger partial charge is 0.136 e. The lowest BCUT2D eigenvalue weighted by Crippen LogP contribution is -2.01. The first-order valence-corrected chi connectivity index (χ1v) is 4.96. The van der Waals surface area contributed by atoms with E-state index in [9.17, 15) is 13.0 Å². The summed E-state index contributed by atoms with van der Waals surface area (Å²) in [7, 11) is -3.11. The summed E-state index contributed by atoms with van der Waals surface area (Å²) in [5.41, 5.74) is 0.837. The van der Waals surface area contributed by atoms with Gasteiger partial charge in [-0.1, -0.05) is 6.07 Å². The van der Waals surface area contributed by atoms with Crippen LogP contribution in [-0.2, 0) is 10.1 Å². The summed E-state index contributed by atoms with van der Waals surface area (Å²) < 4.78 is 36.8. The Bertz CT molecular complexity index is 408. The fraction of sp³-hybridized carbons (Fsp3) is 0.250. The highest BCUT2D eigenvalue weighted by Crippen LogP contribution is 2.23. The van der Waals surface area contributed by atoms with Gasteiger partial charge in [0.25, 0.3) is 0 Å². The summed E-state index contributed by atoms with van der Waals surface area (Å²) in [6, 6.07) is 4.30. The summed E-state index contributed by atoms with van der Waals surface area (Å²) in [4.78, 5) is -0.319. The van der Waals surface area contributed by atoms with Gasteiger partial charge in [-0.05, 0) is 24.6 Å². The van der Waals surface area contributed by atoms with Crippen molar-refractivity contribution in [1.82, 2.24) is 0 Å². The molecular weight excluding hydrogens is 192 g/mol. The van der Waals surface area contributed by atoms with Crippen molar-refractivity contribution in [3.63, 3.8) is 0 Å². The molecule has 0 radical (unpaired) electrons. The molecule has 0 amide bonds. The van der Waals surface area contributed by atoms with Crippen molar-refractivity contribution in [2.45, 2.75) is 11.8 Å². The molecule has 72 valence electrons. The molecule has 0 spiro atoms. The summed E-state index contributed by atoms with van der Waals surface area (Å²) in [6.45, 7) is 1.78. The molecule has 0 atom stereocenters. The average Bonchev–Trinajstić information content (AvgIpc) is 2.01. The van der Waals surface area contributed by atoms with Crippen molar-refractivity contribution in [3.05, 3.63) is 23.8 Å². The molecule has 0 saturated heterocycles. The molecule has 4 nitrogen and oxygen atoms in total. The highest BCUT2D eigenvalue weighted by molar-refractivity contribution is 7.85. The van der Waals surface area contributed by atoms with Gasteiger partial charge in [-0.3, -0.25) is 0 Å². The normalized spacial score (nSPS) is 11.3. The minimum absolute atomic E-state index is 0.0926. The molecule has 1 aromatic rings. The first-order chi connectivity index (χ1) is 5.95. The van der Waals surface area contributed by atoms with Crippen molar-refractivity contribution in [2.75, 3.05) is 7.11 Å². The molecule has 0 bridgehead atoms. The van der Waals surface area contributed by atoms with Gasteiger partial charge < -0.3 is 9.29 Å². The lowest BCUT2D eigenvalue weighted by atomic mass is 10.2. The molecule has 1 aromatic carbocycles. The second-order valence-corrected chi connectivity index (χ2v) is 3.96. The van der Waals surface area contributed by atoms with E-state index in [2.05, 4.69) is 0 Å². The van der Waals surface area contributed by atoms with Gasteiger partial charge in [0.05, 0.1) is 12.0 Å². The van der Waals surface area contributed by atoms with Gasteiger partial charge >= 0.3 is 0 Å². The molecule has 1 rings (SSSR count). The molecule has 0 unspecified atom stereocenters. The van der Waals surface area contributed by atoms with Crippen LogP contribution in [0.4, 0.5) is 0 Å². The van der Waals surface area contributed by atoms with Crippen LogP contribution in [0.15, 0.2) is 23.1 Å². The predicted octanol–water partition coefficient (Wildman–Crippen LogP) is 0.908. The predicted molar refractivity (Wildman–Crippen MR) is 45.7 cm³/mol. The molecule has 0 saturated carbocycles. The first kappa shape index (κ1) is 10.0. The van der Waals surface area contributed by atoms with Crippen molar-refractivity contribution in [2.24, 2.45) is 0 Å². The number of benzene rings is 1. The molecule has 0 aliphatic heterocycles. The third kappa shape index (κ3) is 2.19. The third-order valence-electron chi connectivity index (χ3n) is 1.59. The van der Waals surface area contributed by atoms with E-state index in [4.69, 9.17) is 4.74 Å². The quantitative estimate of drug-likeness (QED) is 0.667. The van der Waals surface area contributed by atoms with Crippen molar-refractivity contribution < 1.29 is 17.7 Å². The van der Waals surface area contributed by atoms with Gasteiger partial charge in [-0.25, -0.2) is 8.42 Å². The van der Waals surface area contributed by atoms with E-state index in [1.807, 2.05) is 0 Å². The number of hydrogen-bond donors (Lipinski definition) is 0. The average molecular weight is 201 g/mol. The maximum absolute atomic E-state index is 10.7. The maximum Gasteiger partial charge on any atom is 0.136 e. The van der Waals surface area contributed by atoms with Crippen LogP contribution in [-0.4, -0.2) is 20.1 Å². The Morgan fingerprint density at radius 1 is 1.38 bits per heavy atom. The number of aryl methyl sites for hydroxylation is 1. The summed E-state index contributed by atoms with van der Waals surface area (Å²) >= 11 is 0. The molecule has 0 fully saturated rings. The molecule has 0 aliphatic carbocycles. The lowest BCUT2D eigenvalue weighted by molar-refractivity contribution is 0.395. The minimum Gasteiger partial charge on any atom is -0.744 e. The minimum atomic E-state index is -4.44. The van der Waals surface area contributed by atoms with Gasteiger partial charge in [-0.2, -0.15) is 0 Å². The van der Waals surface area contributed by atoms with E-state index >= 15 is 0 Å². The van der Waals surface area contributed by atoms with E-state index < -0.39 is 10.1 Å². The van der Waals surface area contributed by atoms with Crippen LogP contribution < -0.4 is 4.74 Å². The van der Waals surface area contributed by atoms with Crippen molar-refractivity contribution in [3.8, 4) is 5.75 Å². The molecule has 0 aliphatic rings. The van der Waals surface area contributed by atoms with Crippen LogP contribution in [0.2, 0.25) is 0 Å². The largest absolute Gasteiger partial charge is 0.744 e. The number of methoxy groups -OCH3 is 1. The summed E-state index contributed by atoms with van der Waals surface area (Å²) in [5, 5.41) is 0. The highest BCUT2D eigenvalue weighted by atomic mass is 32.2. The molecule has 0 aromatic heterocycles. The number of ether oxygens (including phenoxy) is 1. The zero-order chi connectivity index (χ0) is 10.1. The van der Waals surface area contributed by atoms with Crippen LogP contribution in [0, 0.1) is 6.92 Å². The van der Waals surface area contributed by atoms with E-state index in [1.165, 1.54) is 19.2 Å². The fourth-order valence-electron chi connectivity index (χ4n) is 0.981. The standard InChI is InChI=1S/C8H10O4S/c1-6-3-4-8(13(9,10)11)7(5-6)12-2/h3-5H,1-2H3,(H,9,10,11)/p-1. The first-order valence-electron chi connectivity index (χ1n) is 3.55. The maximum atomic E-state index is 10.7. The Hall–Kier alpha value is -1.07. The van der Waals surface area contributed by atoms with Crippen molar-refractivity contribution in [1.29, 1.82) is 0 Å². The van der Waals surface area contributed by atoms with Gasteiger partial charge in [0.15, 0.2) is 0 Å². The molecule has 0 heterocycles. The van der Waals surface area contributed by atoms with E-state index in [1.54, 1.807) is 13.0 Å². The zero-order valence-corrected chi connectivity index (χ0v) is 8.09. The molecule has 13 heavy (non-hydrogen) atoms. The van der Waals surface area contributed by atoms with Crippen LogP contribution in [0.3, 0.4) is 0 Å². The third-order valence-corrected chi connectivity index (χ3v) is 2.46. The van der Waals surface area contributed by atoms with Crippen LogP contribution in [0.5, 0.6) is 5.75 Å². The van der Waals surface area contributed by atoms with Crippen LogP contribution in [0.1, 0.15) is 5.56 Å². The Morgan fingerprint density at radius 3 is 2.46 bits per heavy atom. The van der Waals surface area contributed by atoms with Gasteiger partial charge in [0.1, 0.15) is 15.9 Å². The van der Waals surface area contributed by atoms with Crippen molar-refractivity contribution >= 4 is 10.1 Å². The van der Waals surface area contributed by atoms with Crippen LogP contribution in [0.25, 0.3) is 0 Å². The van der Waals surface area contributed by atoms with Gasteiger partial charge in [0, 0.05) is 0 Å². The Morgan fingerprint density at radius 2 is 2.00 bits per heavy atom. The Labute approximate surface area is 76.9 Å². The Kier molecular flexibility index (Phi) is 2.58. The Balaban J connectivity index is 3.39. The molecular formula is C8H9O4S-. The monoisotopic (exact) mass is 201 g/mol. The van der Waals surface area contributed by atoms with Crippen LogP contribution >= 0.6 is 0 Å². The second kappa shape index (κ2) is 3.35. The molecule has 0 N–H and O–H groups in total. The summed E-state index contributed by atoms with van der Waals surface area (Å²) in [5.74, 6) is 0.0926. The van der Waals surface area contributed by atoms with E-state index in [0.29, 0.717) is 0 Å². The zero-order valence-electron chi connectivity index (χ0n) is 7.27. The fourth-order valence-corrected chi connectivity index (χ4v) is 1.60. The lowest BCUT2D eigenvalue weighted by Gasteiger charge is -2.11. The number of rotatable bonds is 2.